The highest BCUT2D eigenvalue weighted by molar-refractivity contribution is 4.87. The van der Waals surface area contributed by atoms with Crippen LogP contribution in [-0.4, -0.2) is 35.2 Å². The van der Waals surface area contributed by atoms with Gasteiger partial charge >= 0.3 is 0 Å². The van der Waals surface area contributed by atoms with Crippen molar-refractivity contribution < 1.29 is 5.11 Å². The summed E-state index contributed by atoms with van der Waals surface area (Å²) in [5.41, 5.74) is 0. The molecular formula is C15H31NO. The predicted octanol–water partition coefficient (Wildman–Crippen LogP) is 3.44. The average Bonchev–Trinajstić information content (AvgIpc) is 2.33. The van der Waals surface area contributed by atoms with Gasteiger partial charge in [-0.3, -0.25) is 0 Å². The Labute approximate surface area is 107 Å². The maximum atomic E-state index is 9.92. The van der Waals surface area contributed by atoms with Crippen molar-refractivity contribution in [1.82, 2.24) is 4.90 Å². The fourth-order valence-electron chi connectivity index (χ4n) is 3.53. The molecule has 1 aliphatic carbocycles. The molecule has 0 aromatic carbocycles. The molecule has 1 saturated carbocycles. The molecule has 1 N–H and O–H groups in total. The number of hydrogen-bond acceptors (Lipinski definition) is 2. The van der Waals surface area contributed by atoms with Gasteiger partial charge in [0.25, 0.3) is 0 Å². The molecule has 1 fully saturated rings. The van der Waals surface area contributed by atoms with Gasteiger partial charge in [-0.15, -0.1) is 0 Å². The summed E-state index contributed by atoms with van der Waals surface area (Å²) in [5, 5.41) is 9.92. The number of rotatable bonds is 6. The fraction of sp³-hybridized carbons (Fsp3) is 1.00. The van der Waals surface area contributed by atoms with E-state index in [1.165, 1.54) is 32.1 Å². The van der Waals surface area contributed by atoms with Crippen LogP contribution in [0.2, 0.25) is 0 Å². The van der Waals surface area contributed by atoms with Gasteiger partial charge in [0.1, 0.15) is 0 Å². The van der Waals surface area contributed by atoms with Gasteiger partial charge in [-0.2, -0.15) is 0 Å². The number of aliphatic hydroxyl groups is 1. The van der Waals surface area contributed by atoms with Crippen LogP contribution in [0.5, 0.6) is 0 Å². The van der Waals surface area contributed by atoms with Crippen molar-refractivity contribution in [3.63, 3.8) is 0 Å². The molecule has 3 unspecified atom stereocenters. The summed E-state index contributed by atoms with van der Waals surface area (Å²) in [7, 11) is 2.27. The summed E-state index contributed by atoms with van der Waals surface area (Å²) in [6, 6.07) is 1.29. The van der Waals surface area contributed by atoms with E-state index in [0.717, 1.165) is 18.8 Å². The van der Waals surface area contributed by atoms with Crippen LogP contribution in [0.25, 0.3) is 0 Å². The van der Waals surface area contributed by atoms with Crippen molar-refractivity contribution in [2.24, 2.45) is 5.92 Å². The van der Waals surface area contributed by atoms with Gasteiger partial charge < -0.3 is 10.0 Å². The highest BCUT2D eigenvalue weighted by atomic mass is 16.3. The first-order chi connectivity index (χ1) is 8.13. The van der Waals surface area contributed by atoms with Crippen molar-refractivity contribution in [2.45, 2.75) is 83.9 Å². The lowest BCUT2D eigenvalue weighted by molar-refractivity contribution is 0.0156. The van der Waals surface area contributed by atoms with E-state index in [4.69, 9.17) is 0 Å². The van der Waals surface area contributed by atoms with Crippen LogP contribution in [-0.2, 0) is 0 Å². The number of hydrogen-bond donors (Lipinski definition) is 1. The smallest absolute Gasteiger partial charge is 0.0555 e. The first-order valence-electron chi connectivity index (χ1n) is 7.53. The normalized spacial score (nSPS) is 30.2. The van der Waals surface area contributed by atoms with E-state index in [9.17, 15) is 5.11 Å². The zero-order chi connectivity index (χ0) is 12.8. The molecule has 0 bridgehead atoms. The second kappa shape index (κ2) is 7.38. The van der Waals surface area contributed by atoms with E-state index >= 15 is 0 Å². The highest BCUT2D eigenvalue weighted by Crippen LogP contribution is 2.33. The standard InChI is InChI=1S/C15H31NO/c1-5-8-12-9-10-14(17)11-15(12)16(4)13(6-2)7-3/h12-15,17H,5-11H2,1-4H3. The summed E-state index contributed by atoms with van der Waals surface area (Å²) in [4.78, 5) is 2.56. The average molecular weight is 241 g/mol. The Kier molecular flexibility index (Phi) is 6.50. The Hall–Kier alpha value is -0.0800. The Morgan fingerprint density at radius 2 is 1.82 bits per heavy atom. The summed E-state index contributed by atoms with van der Waals surface area (Å²) < 4.78 is 0. The van der Waals surface area contributed by atoms with E-state index in [1.54, 1.807) is 0 Å². The molecule has 102 valence electrons. The molecule has 17 heavy (non-hydrogen) atoms. The minimum atomic E-state index is -0.0649. The highest BCUT2D eigenvalue weighted by Gasteiger charge is 2.33. The third-order valence-electron chi connectivity index (χ3n) is 4.63. The van der Waals surface area contributed by atoms with E-state index in [1.807, 2.05) is 0 Å². The van der Waals surface area contributed by atoms with Crippen LogP contribution in [0.3, 0.4) is 0 Å². The monoisotopic (exact) mass is 241 g/mol. The molecule has 0 amide bonds. The molecule has 0 radical (unpaired) electrons. The Bertz CT molecular complexity index is 203. The van der Waals surface area contributed by atoms with Gasteiger partial charge in [0, 0.05) is 12.1 Å². The molecule has 0 saturated heterocycles. The lowest BCUT2D eigenvalue weighted by Crippen LogP contribution is -2.48. The fourth-order valence-corrected chi connectivity index (χ4v) is 3.53. The SMILES string of the molecule is CCCC1CCC(O)CC1N(C)C(CC)CC. The molecule has 2 heteroatoms. The van der Waals surface area contributed by atoms with Crippen LogP contribution in [0, 0.1) is 5.92 Å². The largest absolute Gasteiger partial charge is 0.393 e. The molecule has 1 rings (SSSR count). The van der Waals surface area contributed by atoms with Crippen LogP contribution in [0.4, 0.5) is 0 Å². The predicted molar refractivity (Wildman–Crippen MR) is 74.2 cm³/mol. The van der Waals surface area contributed by atoms with Gasteiger partial charge in [0.05, 0.1) is 6.10 Å². The topological polar surface area (TPSA) is 23.5 Å². The Balaban J connectivity index is 2.66. The maximum Gasteiger partial charge on any atom is 0.0555 e. The van der Waals surface area contributed by atoms with E-state index in [0.29, 0.717) is 12.1 Å². The zero-order valence-corrected chi connectivity index (χ0v) is 12.2. The summed E-state index contributed by atoms with van der Waals surface area (Å²) in [6.45, 7) is 6.83. The quantitative estimate of drug-likeness (QED) is 0.770. The molecule has 0 aliphatic heterocycles. The molecule has 0 aromatic rings. The van der Waals surface area contributed by atoms with E-state index in [-0.39, 0.29) is 6.10 Å². The van der Waals surface area contributed by atoms with Crippen LogP contribution in [0.1, 0.15) is 65.7 Å². The second-order valence-electron chi connectivity index (χ2n) is 5.72. The van der Waals surface area contributed by atoms with Crippen molar-refractivity contribution >= 4 is 0 Å². The second-order valence-corrected chi connectivity index (χ2v) is 5.72. The molecule has 2 nitrogen and oxygen atoms in total. The van der Waals surface area contributed by atoms with Gasteiger partial charge in [-0.05, 0) is 51.5 Å². The van der Waals surface area contributed by atoms with Crippen molar-refractivity contribution in [3.05, 3.63) is 0 Å². The number of aliphatic hydroxyl groups excluding tert-OH is 1. The Morgan fingerprint density at radius 3 is 2.35 bits per heavy atom. The van der Waals surface area contributed by atoms with Gasteiger partial charge in [-0.25, -0.2) is 0 Å². The van der Waals surface area contributed by atoms with Crippen molar-refractivity contribution in [3.8, 4) is 0 Å². The summed E-state index contributed by atoms with van der Waals surface area (Å²) >= 11 is 0. The summed E-state index contributed by atoms with van der Waals surface area (Å²) in [5.74, 6) is 0.800. The zero-order valence-electron chi connectivity index (χ0n) is 12.2. The first kappa shape index (κ1) is 15.0. The minimum absolute atomic E-state index is 0.0649. The number of nitrogens with zero attached hydrogens (tertiary/aromatic N) is 1. The molecule has 1 aliphatic rings. The van der Waals surface area contributed by atoms with Crippen molar-refractivity contribution in [2.75, 3.05) is 7.05 Å². The van der Waals surface area contributed by atoms with Crippen LogP contribution in [0.15, 0.2) is 0 Å². The van der Waals surface area contributed by atoms with Gasteiger partial charge in [-0.1, -0.05) is 27.2 Å². The molecule has 0 spiro atoms. The first-order valence-corrected chi connectivity index (χ1v) is 7.53. The van der Waals surface area contributed by atoms with Gasteiger partial charge in [0.15, 0.2) is 0 Å². The molecule has 0 aromatic heterocycles. The maximum absolute atomic E-state index is 9.92. The Morgan fingerprint density at radius 1 is 1.18 bits per heavy atom. The van der Waals surface area contributed by atoms with Crippen molar-refractivity contribution in [1.29, 1.82) is 0 Å². The van der Waals surface area contributed by atoms with Crippen LogP contribution >= 0.6 is 0 Å². The van der Waals surface area contributed by atoms with Gasteiger partial charge in [0.2, 0.25) is 0 Å². The van der Waals surface area contributed by atoms with E-state index < -0.39 is 0 Å². The lowest BCUT2D eigenvalue weighted by Gasteiger charge is -2.43. The minimum Gasteiger partial charge on any atom is -0.393 e. The third-order valence-corrected chi connectivity index (χ3v) is 4.63. The van der Waals surface area contributed by atoms with Crippen LogP contribution < -0.4 is 0 Å². The summed E-state index contributed by atoms with van der Waals surface area (Å²) in [6.07, 6.45) is 8.18. The molecular weight excluding hydrogens is 210 g/mol. The molecule has 0 heterocycles. The van der Waals surface area contributed by atoms with E-state index in [2.05, 4.69) is 32.7 Å². The third kappa shape index (κ3) is 3.96. The molecule has 3 atom stereocenters. The lowest BCUT2D eigenvalue weighted by atomic mass is 9.79.